The van der Waals surface area contributed by atoms with Crippen LogP contribution < -0.4 is 5.32 Å². The van der Waals surface area contributed by atoms with Crippen molar-refractivity contribution in [2.75, 3.05) is 0 Å². The van der Waals surface area contributed by atoms with Crippen molar-refractivity contribution in [3.63, 3.8) is 0 Å². The zero-order valence-corrected chi connectivity index (χ0v) is 16.9. The number of benzene rings is 2. The monoisotopic (exact) mass is 386 g/mol. The molecule has 0 bridgehead atoms. The van der Waals surface area contributed by atoms with E-state index in [4.69, 9.17) is 11.6 Å². The van der Waals surface area contributed by atoms with E-state index in [0.717, 1.165) is 11.1 Å². The van der Waals surface area contributed by atoms with Crippen LogP contribution in [0.25, 0.3) is 0 Å². The highest BCUT2D eigenvalue weighted by Crippen LogP contribution is 2.17. The number of nitrogens with one attached hydrogen (secondary N) is 1. The van der Waals surface area contributed by atoms with Gasteiger partial charge in [0.15, 0.2) is 0 Å². The molecule has 0 saturated carbocycles. The molecule has 4 nitrogen and oxygen atoms in total. The molecule has 5 heteroatoms. The molecule has 0 saturated heterocycles. The second-order valence-corrected chi connectivity index (χ2v) is 7.31. The third-order valence-electron chi connectivity index (χ3n) is 4.27. The number of hydrogen-bond acceptors (Lipinski definition) is 2. The fourth-order valence-corrected chi connectivity index (χ4v) is 3.05. The predicted molar refractivity (Wildman–Crippen MR) is 110 cm³/mol. The summed E-state index contributed by atoms with van der Waals surface area (Å²) in [5.74, 6) is -0.186. The normalized spacial score (nSPS) is 11.9. The summed E-state index contributed by atoms with van der Waals surface area (Å²) >= 11 is 5.97. The smallest absolute Gasteiger partial charge is 0.243 e. The number of halogens is 1. The minimum atomic E-state index is -0.571. The van der Waals surface area contributed by atoms with Crippen LogP contribution in [0.1, 0.15) is 38.3 Å². The molecule has 2 rings (SSSR count). The van der Waals surface area contributed by atoms with Crippen LogP contribution in [0.3, 0.4) is 0 Å². The maximum Gasteiger partial charge on any atom is 0.243 e. The van der Waals surface area contributed by atoms with Crippen molar-refractivity contribution >= 4 is 23.4 Å². The van der Waals surface area contributed by atoms with E-state index >= 15 is 0 Å². The van der Waals surface area contributed by atoms with Crippen molar-refractivity contribution < 1.29 is 9.59 Å². The first-order valence-electron chi connectivity index (χ1n) is 9.29. The van der Waals surface area contributed by atoms with Crippen LogP contribution in [-0.4, -0.2) is 28.8 Å². The Morgan fingerprint density at radius 1 is 1.00 bits per heavy atom. The predicted octanol–water partition coefficient (Wildman–Crippen LogP) is 4.21. The lowest BCUT2D eigenvalue weighted by Gasteiger charge is -2.32. The molecule has 1 atom stereocenters. The Morgan fingerprint density at radius 2 is 1.63 bits per heavy atom. The SMILES string of the molecule is CCC(=O)N(Cc1ccc(Cl)cc1)C(Cc1ccccc1)C(=O)NC(C)C. The van der Waals surface area contributed by atoms with E-state index < -0.39 is 6.04 Å². The van der Waals surface area contributed by atoms with Gasteiger partial charge in [0, 0.05) is 30.5 Å². The van der Waals surface area contributed by atoms with Crippen LogP contribution in [0.5, 0.6) is 0 Å². The Bertz CT molecular complexity index is 745. The lowest BCUT2D eigenvalue weighted by atomic mass is 10.0. The lowest BCUT2D eigenvalue weighted by molar-refractivity contribution is -0.141. The third kappa shape index (κ3) is 6.40. The molecule has 0 radical (unpaired) electrons. The van der Waals surface area contributed by atoms with Crippen molar-refractivity contribution in [3.8, 4) is 0 Å². The Morgan fingerprint density at radius 3 is 2.19 bits per heavy atom. The van der Waals surface area contributed by atoms with Crippen molar-refractivity contribution in [1.82, 2.24) is 10.2 Å². The Hall–Kier alpha value is -2.33. The van der Waals surface area contributed by atoms with Crippen molar-refractivity contribution in [3.05, 3.63) is 70.7 Å². The minimum absolute atomic E-state index is 0.00452. The highest BCUT2D eigenvalue weighted by Gasteiger charge is 2.29. The van der Waals surface area contributed by atoms with Gasteiger partial charge >= 0.3 is 0 Å². The molecule has 1 N–H and O–H groups in total. The summed E-state index contributed by atoms with van der Waals surface area (Å²) in [7, 11) is 0. The molecule has 0 aliphatic heterocycles. The molecule has 0 heterocycles. The van der Waals surface area contributed by atoms with E-state index in [-0.39, 0.29) is 17.9 Å². The zero-order valence-electron chi connectivity index (χ0n) is 16.1. The first-order valence-corrected chi connectivity index (χ1v) is 9.66. The highest BCUT2D eigenvalue weighted by atomic mass is 35.5. The summed E-state index contributed by atoms with van der Waals surface area (Å²) in [4.78, 5) is 27.3. The molecular formula is C22H27ClN2O2. The quantitative estimate of drug-likeness (QED) is 0.738. The molecule has 144 valence electrons. The van der Waals surface area contributed by atoms with Gasteiger partial charge < -0.3 is 10.2 Å². The van der Waals surface area contributed by atoms with Gasteiger partial charge in [-0.15, -0.1) is 0 Å². The number of hydrogen-bond donors (Lipinski definition) is 1. The van der Waals surface area contributed by atoms with E-state index in [2.05, 4.69) is 5.32 Å². The summed E-state index contributed by atoms with van der Waals surface area (Å²) in [6.07, 6.45) is 0.812. The highest BCUT2D eigenvalue weighted by molar-refractivity contribution is 6.30. The van der Waals surface area contributed by atoms with Gasteiger partial charge in [0.1, 0.15) is 6.04 Å². The fourth-order valence-electron chi connectivity index (χ4n) is 2.92. The molecule has 2 aromatic carbocycles. The zero-order chi connectivity index (χ0) is 19.8. The topological polar surface area (TPSA) is 49.4 Å². The molecule has 2 amide bonds. The number of carbonyl (C=O) groups excluding carboxylic acids is 2. The molecular weight excluding hydrogens is 360 g/mol. The van der Waals surface area contributed by atoms with E-state index in [9.17, 15) is 9.59 Å². The number of rotatable bonds is 8. The molecule has 0 aromatic heterocycles. The van der Waals surface area contributed by atoms with E-state index in [1.807, 2.05) is 63.2 Å². The van der Waals surface area contributed by atoms with Gasteiger partial charge in [0.05, 0.1) is 0 Å². The second kappa shape index (κ2) is 10.1. The van der Waals surface area contributed by atoms with Crippen LogP contribution in [0, 0.1) is 0 Å². The summed E-state index contributed by atoms with van der Waals surface area (Å²) in [6, 6.07) is 16.6. The lowest BCUT2D eigenvalue weighted by Crippen LogP contribution is -2.51. The van der Waals surface area contributed by atoms with Gasteiger partial charge in [0.25, 0.3) is 0 Å². The minimum Gasteiger partial charge on any atom is -0.352 e. The summed E-state index contributed by atoms with van der Waals surface area (Å²) < 4.78 is 0. The van der Waals surface area contributed by atoms with Crippen molar-refractivity contribution in [2.24, 2.45) is 0 Å². The van der Waals surface area contributed by atoms with Crippen LogP contribution in [0.4, 0.5) is 0 Å². The number of amides is 2. The van der Waals surface area contributed by atoms with Crippen LogP contribution in [0.15, 0.2) is 54.6 Å². The first kappa shape index (κ1) is 21.0. The van der Waals surface area contributed by atoms with E-state index in [1.165, 1.54) is 0 Å². The fraction of sp³-hybridized carbons (Fsp3) is 0.364. The Labute approximate surface area is 166 Å². The van der Waals surface area contributed by atoms with Gasteiger partial charge in [-0.3, -0.25) is 9.59 Å². The van der Waals surface area contributed by atoms with Crippen LogP contribution >= 0.6 is 11.6 Å². The second-order valence-electron chi connectivity index (χ2n) is 6.87. The van der Waals surface area contributed by atoms with Gasteiger partial charge in [-0.1, -0.05) is 61.0 Å². The molecule has 0 fully saturated rings. The van der Waals surface area contributed by atoms with Crippen molar-refractivity contribution in [2.45, 2.75) is 52.2 Å². The number of carbonyl (C=O) groups is 2. The third-order valence-corrected chi connectivity index (χ3v) is 4.52. The van der Waals surface area contributed by atoms with E-state index in [0.29, 0.717) is 24.4 Å². The van der Waals surface area contributed by atoms with Gasteiger partial charge in [-0.2, -0.15) is 0 Å². The Kier molecular flexibility index (Phi) is 7.86. The molecule has 0 aliphatic carbocycles. The average molecular weight is 387 g/mol. The standard InChI is InChI=1S/C22H27ClN2O2/c1-4-21(26)25(15-18-10-12-19(23)13-11-18)20(22(27)24-16(2)3)14-17-8-6-5-7-9-17/h5-13,16,20H,4,14-15H2,1-3H3,(H,24,27). The van der Waals surface area contributed by atoms with E-state index in [1.54, 1.807) is 17.0 Å². The molecule has 0 spiro atoms. The summed E-state index contributed by atoms with van der Waals surface area (Å²) in [5.41, 5.74) is 1.96. The van der Waals surface area contributed by atoms with Crippen molar-refractivity contribution in [1.29, 1.82) is 0 Å². The largest absolute Gasteiger partial charge is 0.352 e. The number of nitrogens with zero attached hydrogens (tertiary/aromatic N) is 1. The molecule has 27 heavy (non-hydrogen) atoms. The maximum atomic E-state index is 12.9. The van der Waals surface area contributed by atoms with Gasteiger partial charge in [0.2, 0.25) is 11.8 Å². The van der Waals surface area contributed by atoms with Crippen LogP contribution in [0.2, 0.25) is 5.02 Å². The first-order chi connectivity index (χ1) is 12.9. The van der Waals surface area contributed by atoms with Gasteiger partial charge in [-0.25, -0.2) is 0 Å². The van der Waals surface area contributed by atoms with Crippen LogP contribution in [-0.2, 0) is 22.6 Å². The summed E-state index contributed by atoms with van der Waals surface area (Å²) in [5, 5.41) is 3.61. The summed E-state index contributed by atoms with van der Waals surface area (Å²) in [6.45, 7) is 6.02. The van der Waals surface area contributed by atoms with Gasteiger partial charge in [-0.05, 0) is 37.1 Å². The maximum absolute atomic E-state index is 12.9. The average Bonchev–Trinajstić information content (AvgIpc) is 2.65. The molecule has 0 aliphatic rings. The molecule has 1 unspecified atom stereocenters. The molecule has 2 aromatic rings. The Balaban J connectivity index is 2.33.